The summed E-state index contributed by atoms with van der Waals surface area (Å²) in [6.07, 6.45) is 1.21. The maximum atomic E-state index is 11.7. The topological polar surface area (TPSA) is 44.8 Å². The van der Waals surface area contributed by atoms with Crippen LogP contribution in [0.15, 0.2) is 53.0 Å². The molecule has 0 N–H and O–H groups in total. The van der Waals surface area contributed by atoms with Gasteiger partial charge in [-0.15, -0.1) is 11.8 Å². The number of benzene rings is 2. The zero-order valence-corrected chi connectivity index (χ0v) is 15.2. The fraction of sp³-hybridized carbons (Fsp3) is 0.235. The first kappa shape index (κ1) is 17.7. The number of carbonyl (C=O) groups excluding carboxylic acids is 1. The first-order valence-corrected chi connectivity index (χ1v) is 9.13. The van der Waals surface area contributed by atoms with Crippen molar-refractivity contribution in [2.24, 2.45) is 0 Å². The van der Waals surface area contributed by atoms with Crippen molar-refractivity contribution in [2.75, 3.05) is 12.2 Å². The van der Waals surface area contributed by atoms with E-state index < -0.39 is 6.10 Å². The van der Waals surface area contributed by atoms with Gasteiger partial charge in [-0.25, -0.2) is 4.79 Å². The fourth-order valence-electron chi connectivity index (χ4n) is 1.71. The van der Waals surface area contributed by atoms with Crippen molar-refractivity contribution in [1.29, 1.82) is 0 Å². The van der Waals surface area contributed by atoms with E-state index in [0.29, 0.717) is 17.4 Å². The van der Waals surface area contributed by atoms with Gasteiger partial charge in [-0.3, -0.25) is 0 Å². The molecule has 0 aromatic heterocycles. The predicted octanol–water partition coefficient (Wildman–Crippen LogP) is 4.87. The number of esters is 1. The van der Waals surface area contributed by atoms with Crippen LogP contribution in [0, 0.1) is 0 Å². The summed E-state index contributed by atoms with van der Waals surface area (Å²) in [5, 5.41) is 0. The number of hydrogen-bond acceptors (Lipinski definition) is 5. The molecule has 6 heteroatoms. The smallest absolute Gasteiger partial charge is 0.347 e. The van der Waals surface area contributed by atoms with E-state index in [4.69, 9.17) is 14.2 Å². The molecule has 0 fully saturated rings. The lowest BCUT2D eigenvalue weighted by Crippen LogP contribution is -2.25. The van der Waals surface area contributed by atoms with Gasteiger partial charge in [-0.2, -0.15) is 0 Å². The van der Waals surface area contributed by atoms with Crippen LogP contribution in [0.1, 0.15) is 6.92 Å². The summed E-state index contributed by atoms with van der Waals surface area (Å²) in [6, 6.07) is 14.7. The maximum Gasteiger partial charge on any atom is 0.347 e. The predicted molar refractivity (Wildman–Crippen MR) is 95.2 cm³/mol. The van der Waals surface area contributed by atoms with Gasteiger partial charge in [0.1, 0.15) is 23.2 Å². The average Bonchev–Trinajstić information content (AvgIpc) is 2.56. The summed E-state index contributed by atoms with van der Waals surface area (Å²) in [6.45, 7) is 1.66. The van der Waals surface area contributed by atoms with Crippen LogP contribution >= 0.6 is 27.7 Å². The number of rotatable bonds is 7. The fourth-order valence-corrected chi connectivity index (χ4v) is 2.21. The van der Waals surface area contributed by atoms with Crippen molar-refractivity contribution < 1.29 is 19.0 Å². The number of thioether (sulfide) groups is 1. The largest absolute Gasteiger partial charge is 0.479 e. The molecule has 23 heavy (non-hydrogen) atoms. The second kappa shape index (κ2) is 8.84. The SMILES string of the molecule is CSCOC(=O)[C@@H](C)Oc1ccc(Oc2ccc(Br)cc2)cc1. The van der Waals surface area contributed by atoms with Crippen LogP contribution in [0.4, 0.5) is 0 Å². The molecule has 0 saturated carbocycles. The standard InChI is InChI=1S/C17H17BrO4S/c1-12(17(19)20-11-23-2)21-14-7-9-16(10-8-14)22-15-5-3-13(18)4-6-15/h3-10,12H,11H2,1-2H3/t12-/m1/s1. The van der Waals surface area contributed by atoms with Gasteiger partial charge in [0.15, 0.2) is 6.10 Å². The Balaban J connectivity index is 1.91. The Bertz CT molecular complexity index is 628. The summed E-state index contributed by atoms with van der Waals surface area (Å²) in [5.41, 5.74) is 0. The van der Waals surface area contributed by atoms with Crippen LogP contribution in [0.25, 0.3) is 0 Å². The second-order valence-electron chi connectivity index (χ2n) is 4.66. The third kappa shape index (κ3) is 5.80. The highest BCUT2D eigenvalue weighted by molar-refractivity contribution is 9.10. The van der Waals surface area contributed by atoms with Gasteiger partial charge in [-0.1, -0.05) is 15.9 Å². The Labute approximate surface area is 148 Å². The lowest BCUT2D eigenvalue weighted by Gasteiger charge is -2.14. The molecular formula is C17H17BrO4S. The molecule has 4 nitrogen and oxygen atoms in total. The molecule has 122 valence electrons. The van der Waals surface area contributed by atoms with E-state index in [0.717, 1.165) is 10.2 Å². The minimum atomic E-state index is -0.652. The summed E-state index contributed by atoms with van der Waals surface area (Å²) in [7, 11) is 0. The molecule has 2 aromatic carbocycles. The first-order chi connectivity index (χ1) is 11.1. The van der Waals surface area contributed by atoms with Crippen molar-refractivity contribution in [3.05, 3.63) is 53.0 Å². The number of halogens is 1. The molecule has 0 spiro atoms. The zero-order valence-electron chi connectivity index (χ0n) is 12.8. The van der Waals surface area contributed by atoms with Crippen LogP contribution in [0.2, 0.25) is 0 Å². The maximum absolute atomic E-state index is 11.7. The van der Waals surface area contributed by atoms with Crippen molar-refractivity contribution in [3.63, 3.8) is 0 Å². The Morgan fingerprint density at radius 1 is 1.04 bits per heavy atom. The van der Waals surface area contributed by atoms with E-state index in [2.05, 4.69) is 15.9 Å². The number of carbonyl (C=O) groups is 1. The highest BCUT2D eigenvalue weighted by atomic mass is 79.9. The molecule has 0 aliphatic carbocycles. The third-order valence-corrected chi connectivity index (χ3v) is 3.72. The molecule has 2 aromatic rings. The van der Waals surface area contributed by atoms with Gasteiger partial charge in [0.25, 0.3) is 0 Å². The molecule has 1 atom stereocenters. The molecule has 0 amide bonds. The normalized spacial score (nSPS) is 11.6. The van der Waals surface area contributed by atoms with E-state index in [9.17, 15) is 4.79 Å². The van der Waals surface area contributed by atoms with E-state index >= 15 is 0 Å². The van der Waals surface area contributed by atoms with Gasteiger partial charge in [-0.05, 0) is 61.7 Å². The van der Waals surface area contributed by atoms with Crippen LogP contribution in [0.3, 0.4) is 0 Å². The Hall–Kier alpha value is -1.66. The Morgan fingerprint density at radius 3 is 2.13 bits per heavy atom. The van der Waals surface area contributed by atoms with E-state index in [1.54, 1.807) is 31.2 Å². The van der Waals surface area contributed by atoms with Crippen molar-refractivity contribution >= 4 is 33.7 Å². The van der Waals surface area contributed by atoms with Gasteiger partial charge >= 0.3 is 5.97 Å². The molecule has 0 aliphatic rings. The highest BCUT2D eigenvalue weighted by Gasteiger charge is 2.16. The number of ether oxygens (including phenoxy) is 3. The summed E-state index contributed by atoms with van der Waals surface area (Å²) >= 11 is 4.82. The molecule has 0 saturated heterocycles. The molecule has 0 bridgehead atoms. The van der Waals surface area contributed by atoms with Gasteiger partial charge < -0.3 is 14.2 Å². The van der Waals surface area contributed by atoms with Crippen molar-refractivity contribution in [3.8, 4) is 17.2 Å². The highest BCUT2D eigenvalue weighted by Crippen LogP contribution is 2.25. The van der Waals surface area contributed by atoms with Crippen LogP contribution in [-0.4, -0.2) is 24.3 Å². The van der Waals surface area contributed by atoms with E-state index in [1.165, 1.54) is 11.8 Å². The monoisotopic (exact) mass is 396 g/mol. The van der Waals surface area contributed by atoms with Gasteiger partial charge in [0, 0.05) is 4.47 Å². The third-order valence-electron chi connectivity index (χ3n) is 2.84. The molecule has 0 radical (unpaired) electrons. The number of hydrogen-bond donors (Lipinski definition) is 0. The zero-order chi connectivity index (χ0) is 16.7. The minimum Gasteiger partial charge on any atom is -0.479 e. The molecular weight excluding hydrogens is 380 g/mol. The molecule has 2 rings (SSSR count). The summed E-state index contributed by atoms with van der Waals surface area (Å²) in [5.74, 6) is 1.97. The van der Waals surface area contributed by atoms with E-state index in [-0.39, 0.29) is 5.97 Å². The Morgan fingerprint density at radius 2 is 1.57 bits per heavy atom. The minimum absolute atomic E-state index is 0.326. The molecule has 0 unspecified atom stereocenters. The lowest BCUT2D eigenvalue weighted by atomic mass is 10.3. The molecule has 0 aliphatic heterocycles. The van der Waals surface area contributed by atoms with E-state index in [1.807, 2.05) is 30.5 Å². The van der Waals surface area contributed by atoms with Crippen LogP contribution in [-0.2, 0) is 9.53 Å². The van der Waals surface area contributed by atoms with Gasteiger partial charge in [0.05, 0.1) is 0 Å². The summed E-state index contributed by atoms with van der Waals surface area (Å²) in [4.78, 5) is 11.7. The van der Waals surface area contributed by atoms with Crippen molar-refractivity contribution in [1.82, 2.24) is 0 Å². The van der Waals surface area contributed by atoms with Crippen LogP contribution < -0.4 is 9.47 Å². The van der Waals surface area contributed by atoms with Gasteiger partial charge in [0.2, 0.25) is 0 Å². The second-order valence-corrected chi connectivity index (χ2v) is 6.39. The van der Waals surface area contributed by atoms with Crippen LogP contribution in [0.5, 0.6) is 17.2 Å². The van der Waals surface area contributed by atoms with Crippen molar-refractivity contribution in [2.45, 2.75) is 13.0 Å². The average molecular weight is 397 g/mol. The first-order valence-electron chi connectivity index (χ1n) is 6.94. The quantitative estimate of drug-likeness (QED) is 0.493. The lowest BCUT2D eigenvalue weighted by molar-refractivity contribution is -0.148. The molecule has 0 heterocycles. The summed E-state index contributed by atoms with van der Waals surface area (Å²) < 4.78 is 17.3. The Kier molecular flexibility index (Phi) is 6.80.